The van der Waals surface area contributed by atoms with Crippen LogP contribution in [0.2, 0.25) is 0 Å². The molecule has 0 bridgehead atoms. The summed E-state index contributed by atoms with van der Waals surface area (Å²) in [5.74, 6) is 0.383. The Morgan fingerprint density at radius 1 is 1.35 bits per heavy atom. The van der Waals surface area contributed by atoms with E-state index in [4.69, 9.17) is 4.74 Å². The Kier molecular flexibility index (Phi) is 3.79. The number of benzene rings is 1. The van der Waals surface area contributed by atoms with E-state index in [-0.39, 0.29) is 22.1 Å². The van der Waals surface area contributed by atoms with Crippen molar-refractivity contribution in [1.29, 1.82) is 0 Å². The Bertz CT molecular complexity index is 543. The molecule has 1 spiro atoms. The molecule has 1 aromatic carbocycles. The lowest BCUT2D eigenvalue weighted by molar-refractivity contribution is -0.386. The van der Waals surface area contributed by atoms with Crippen molar-refractivity contribution in [2.75, 3.05) is 0 Å². The van der Waals surface area contributed by atoms with Crippen LogP contribution in [0.1, 0.15) is 32.1 Å². The van der Waals surface area contributed by atoms with Gasteiger partial charge in [0.15, 0.2) is 5.75 Å². The highest BCUT2D eigenvalue weighted by molar-refractivity contribution is 9.10. The van der Waals surface area contributed by atoms with Gasteiger partial charge in [-0.15, -0.1) is 0 Å². The van der Waals surface area contributed by atoms with Gasteiger partial charge in [-0.1, -0.05) is 44.7 Å². The molecule has 4 nitrogen and oxygen atoms in total. The molecule has 0 saturated heterocycles. The maximum atomic E-state index is 11.1. The highest BCUT2D eigenvalue weighted by atomic mass is 79.9. The number of ether oxygens (including phenoxy) is 1. The first kappa shape index (κ1) is 14.3. The van der Waals surface area contributed by atoms with Gasteiger partial charge in [-0.3, -0.25) is 10.1 Å². The fourth-order valence-corrected chi connectivity index (χ4v) is 4.86. The molecule has 0 N–H and O–H groups in total. The number of hydrogen-bond acceptors (Lipinski definition) is 3. The van der Waals surface area contributed by atoms with Gasteiger partial charge in [0.05, 0.1) is 4.92 Å². The maximum Gasteiger partial charge on any atom is 0.312 e. The lowest BCUT2D eigenvalue weighted by Crippen LogP contribution is -2.55. The zero-order chi connectivity index (χ0) is 14.3. The third kappa shape index (κ3) is 2.26. The van der Waals surface area contributed by atoms with Crippen LogP contribution in [-0.2, 0) is 0 Å². The van der Waals surface area contributed by atoms with Crippen LogP contribution < -0.4 is 4.74 Å². The average molecular weight is 405 g/mol. The van der Waals surface area contributed by atoms with E-state index in [1.54, 1.807) is 12.1 Å². The summed E-state index contributed by atoms with van der Waals surface area (Å²) >= 11 is 7.00. The lowest BCUT2D eigenvalue weighted by Gasteiger charge is -2.51. The predicted molar refractivity (Wildman–Crippen MR) is 83.4 cm³/mol. The molecule has 2 unspecified atom stereocenters. The third-order valence-electron chi connectivity index (χ3n) is 4.61. The van der Waals surface area contributed by atoms with E-state index in [2.05, 4.69) is 31.9 Å². The topological polar surface area (TPSA) is 52.4 Å². The van der Waals surface area contributed by atoms with Crippen LogP contribution in [-0.4, -0.2) is 15.9 Å². The average Bonchev–Trinajstić information content (AvgIpc) is 2.92. The second-order valence-electron chi connectivity index (χ2n) is 5.62. The van der Waals surface area contributed by atoms with E-state index < -0.39 is 0 Å². The van der Waals surface area contributed by atoms with Crippen LogP contribution >= 0.6 is 31.9 Å². The number of nitro groups is 1. The summed E-state index contributed by atoms with van der Waals surface area (Å²) in [6, 6.07) is 4.97. The summed E-state index contributed by atoms with van der Waals surface area (Å²) < 4.78 is 6.71. The van der Waals surface area contributed by atoms with Gasteiger partial charge < -0.3 is 4.74 Å². The number of hydrogen-bond donors (Lipinski definition) is 0. The summed E-state index contributed by atoms with van der Waals surface area (Å²) in [6.45, 7) is 0. The van der Waals surface area contributed by atoms with Crippen molar-refractivity contribution in [3.05, 3.63) is 32.8 Å². The van der Waals surface area contributed by atoms with Crippen molar-refractivity contribution in [3.63, 3.8) is 0 Å². The Morgan fingerprint density at radius 2 is 2.05 bits per heavy atom. The second kappa shape index (κ2) is 5.30. The highest BCUT2D eigenvalue weighted by Gasteiger charge is 2.56. The standard InChI is InChI=1S/C14H15Br2NO3/c15-9-3-4-11(10(7-9)17(18)19)20-13-8-12(16)14(13)5-1-2-6-14/h3-4,7,12-13H,1-2,5-6,8H2. The molecule has 108 valence electrons. The minimum Gasteiger partial charge on any atom is -0.483 e. The molecule has 2 aliphatic rings. The van der Waals surface area contributed by atoms with Crippen LogP contribution in [0.5, 0.6) is 5.75 Å². The molecule has 0 radical (unpaired) electrons. The van der Waals surface area contributed by atoms with Crippen molar-refractivity contribution < 1.29 is 9.66 Å². The molecule has 2 saturated carbocycles. The van der Waals surface area contributed by atoms with Crippen LogP contribution in [0.3, 0.4) is 0 Å². The van der Waals surface area contributed by atoms with E-state index in [1.807, 2.05) is 0 Å². The van der Waals surface area contributed by atoms with Gasteiger partial charge in [-0.25, -0.2) is 0 Å². The van der Waals surface area contributed by atoms with Crippen molar-refractivity contribution in [2.24, 2.45) is 5.41 Å². The van der Waals surface area contributed by atoms with Crippen LogP contribution in [0.4, 0.5) is 5.69 Å². The molecule has 0 heterocycles. The van der Waals surface area contributed by atoms with Crippen LogP contribution in [0.15, 0.2) is 22.7 Å². The molecule has 2 fully saturated rings. The molecule has 0 aromatic heterocycles. The van der Waals surface area contributed by atoms with Gasteiger partial charge in [-0.05, 0) is 31.4 Å². The number of nitro benzene ring substituents is 1. The fraction of sp³-hybridized carbons (Fsp3) is 0.571. The minimum atomic E-state index is -0.383. The quantitative estimate of drug-likeness (QED) is 0.411. The highest BCUT2D eigenvalue weighted by Crippen LogP contribution is 2.58. The predicted octanol–water partition coefficient (Wildman–Crippen LogP) is 4.83. The monoisotopic (exact) mass is 403 g/mol. The summed E-state index contributed by atoms with van der Waals surface area (Å²) in [5, 5.41) is 11.1. The first-order valence-corrected chi connectivity index (χ1v) is 8.48. The summed E-state index contributed by atoms with van der Waals surface area (Å²) in [4.78, 5) is 11.2. The zero-order valence-electron chi connectivity index (χ0n) is 10.9. The van der Waals surface area contributed by atoms with Gasteiger partial charge in [0.25, 0.3) is 0 Å². The van der Waals surface area contributed by atoms with E-state index >= 15 is 0 Å². The summed E-state index contributed by atoms with van der Waals surface area (Å²) in [6.07, 6.45) is 5.77. The molecule has 20 heavy (non-hydrogen) atoms. The van der Waals surface area contributed by atoms with E-state index in [9.17, 15) is 10.1 Å². The van der Waals surface area contributed by atoms with Gasteiger partial charge in [0, 0.05) is 20.8 Å². The third-order valence-corrected chi connectivity index (χ3v) is 6.39. The van der Waals surface area contributed by atoms with E-state index in [1.165, 1.54) is 18.9 Å². The van der Waals surface area contributed by atoms with Crippen molar-refractivity contribution >= 4 is 37.5 Å². The van der Waals surface area contributed by atoms with Gasteiger partial charge >= 0.3 is 5.69 Å². The molecule has 1 aromatic rings. The Morgan fingerprint density at radius 3 is 2.65 bits per heavy atom. The normalized spacial score (nSPS) is 27.3. The molecule has 2 aliphatic carbocycles. The Labute approximate surface area is 134 Å². The smallest absolute Gasteiger partial charge is 0.312 e. The van der Waals surface area contributed by atoms with Gasteiger partial charge in [0.1, 0.15) is 6.10 Å². The summed E-state index contributed by atoms with van der Waals surface area (Å²) in [5.41, 5.74) is 0.214. The summed E-state index contributed by atoms with van der Waals surface area (Å²) in [7, 11) is 0. The fourth-order valence-electron chi connectivity index (χ4n) is 3.42. The van der Waals surface area contributed by atoms with Crippen molar-refractivity contribution in [3.8, 4) is 5.75 Å². The molecule has 0 amide bonds. The number of rotatable bonds is 3. The van der Waals surface area contributed by atoms with Crippen molar-refractivity contribution in [1.82, 2.24) is 0 Å². The SMILES string of the molecule is O=[N+]([O-])c1cc(Br)ccc1OC1CC(Br)C12CCCC2. The maximum absolute atomic E-state index is 11.1. The first-order chi connectivity index (χ1) is 9.53. The van der Waals surface area contributed by atoms with E-state index in [0.717, 1.165) is 19.3 Å². The second-order valence-corrected chi connectivity index (χ2v) is 7.64. The molecule has 2 atom stereocenters. The lowest BCUT2D eigenvalue weighted by atomic mass is 9.64. The minimum absolute atomic E-state index is 0.0329. The van der Waals surface area contributed by atoms with Crippen LogP contribution in [0, 0.1) is 15.5 Å². The van der Waals surface area contributed by atoms with Crippen molar-refractivity contribution in [2.45, 2.75) is 43.0 Å². The first-order valence-electron chi connectivity index (χ1n) is 6.77. The number of halogens is 2. The molecular formula is C14H15Br2NO3. The van der Waals surface area contributed by atoms with E-state index in [0.29, 0.717) is 15.0 Å². The molecule has 3 rings (SSSR count). The molecule has 0 aliphatic heterocycles. The number of nitrogens with zero attached hydrogens (tertiary/aromatic N) is 1. The molecular weight excluding hydrogens is 390 g/mol. The zero-order valence-corrected chi connectivity index (χ0v) is 14.0. The van der Waals surface area contributed by atoms with Gasteiger partial charge in [-0.2, -0.15) is 0 Å². The van der Waals surface area contributed by atoms with Crippen LogP contribution in [0.25, 0.3) is 0 Å². The largest absolute Gasteiger partial charge is 0.483 e. The van der Waals surface area contributed by atoms with Gasteiger partial charge in [0.2, 0.25) is 0 Å². The number of alkyl halides is 1. The Balaban J connectivity index is 1.84. The molecule has 6 heteroatoms. The Hall–Kier alpha value is -0.620.